The third kappa shape index (κ3) is 5.48. The molecule has 1 N–H and O–H groups in total. The van der Waals surface area contributed by atoms with E-state index < -0.39 is 0 Å². The average molecular weight is 304 g/mol. The van der Waals surface area contributed by atoms with Crippen molar-refractivity contribution >= 4 is 11.3 Å². The second kappa shape index (κ2) is 8.80. The van der Waals surface area contributed by atoms with Gasteiger partial charge in [-0.15, -0.1) is 11.3 Å². The molecule has 0 spiro atoms. The van der Waals surface area contributed by atoms with Crippen molar-refractivity contribution in [2.75, 3.05) is 13.2 Å². The zero-order chi connectivity index (χ0) is 14.9. The van der Waals surface area contributed by atoms with E-state index in [4.69, 9.17) is 4.74 Å². The van der Waals surface area contributed by atoms with Gasteiger partial charge >= 0.3 is 0 Å². The first-order valence-corrected chi connectivity index (χ1v) is 8.55. The van der Waals surface area contributed by atoms with Gasteiger partial charge in [0, 0.05) is 18.3 Å². The summed E-state index contributed by atoms with van der Waals surface area (Å²) < 4.78 is 5.81. The minimum atomic E-state index is 0.683. The van der Waals surface area contributed by atoms with Crippen LogP contribution in [0, 0.1) is 0 Å². The second-order valence-electron chi connectivity index (χ2n) is 5.01. The van der Waals surface area contributed by atoms with E-state index in [2.05, 4.69) is 47.7 Å². The van der Waals surface area contributed by atoms with Crippen LogP contribution in [0.4, 0.5) is 0 Å². The number of ether oxygens (including phenoxy) is 1. The molecule has 2 rings (SSSR count). The Bertz CT molecular complexity index is 539. The predicted octanol–water partition coefficient (Wildman–Crippen LogP) is 3.83. The van der Waals surface area contributed by atoms with Crippen LogP contribution in [-0.4, -0.2) is 18.1 Å². The molecule has 1 heterocycles. The summed E-state index contributed by atoms with van der Waals surface area (Å²) in [5, 5.41) is 6.65. The van der Waals surface area contributed by atoms with Crippen molar-refractivity contribution in [3.8, 4) is 5.75 Å². The van der Waals surface area contributed by atoms with Gasteiger partial charge in [0.05, 0.1) is 17.3 Å². The van der Waals surface area contributed by atoms with Gasteiger partial charge in [0.2, 0.25) is 0 Å². The van der Waals surface area contributed by atoms with Gasteiger partial charge in [-0.05, 0) is 37.1 Å². The van der Waals surface area contributed by atoms with Gasteiger partial charge in [0.1, 0.15) is 5.75 Å². The lowest BCUT2D eigenvalue weighted by Gasteiger charge is -2.06. The summed E-state index contributed by atoms with van der Waals surface area (Å²) in [6, 6.07) is 8.31. The van der Waals surface area contributed by atoms with E-state index in [1.165, 1.54) is 5.56 Å². The molecule has 0 fully saturated rings. The first-order chi connectivity index (χ1) is 10.3. The standard InChI is InChI=1S/C17H24N2OS/c1-3-9-18-12-15-13-21-17(19-15)8-10-20-16-7-5-6-14(4-2)11-16/h5-7,11,13,18H,3-4,8-10,12H2,1-2H3. The van der Waals surface area contributed by atoms with Gasteiger partial charge in [0.15, 0.2) is 0 Å². The molecule has 4 heteroatoms. The van der Waals surface area contributed by atoms with Gasteiger partial charge in [-0.1, -0.05) is 26.0 Å². The smallest absolute Gasteiger partial charge is 0.119 e. The van der Waals surface area contributed by atoms with Crippen molar-refractivity contribution in [2.24, 2.45) is 0 Å². The quantitative estimate of drug-likeness (QED) is 0.715. The molecular weight excluding hydrogens is 280 g/mol. The third-order valence-electron chi connectivity index (χ3n) is 3.22. The lowest BCUT2D eigenvalue weighted by Crippen LogP contribution is -2.14. The fraction of sp³-hybridized carbons (Fsp3) is 0.471. The maximum absolute atomic E-state index is 5.81. The number of thiazole rings is 1. The lowest BCUT2D eigenvalue weighted by atomic mass is 10.2. The lowest BCUT2D eigenvalue weighted by molar-refractivity contribution is 0.321. The number of nitrogens with one attached hydrogen (secondary N) is 1. The van der Waals surface area contributed by atoms with Crippen molar-refractivity contribution < 1.29 is 4.74 Å². The largest absolute Gasteiger partial charge is 0.493 e. The first-order valence-electron chi connectivity index (χ1n) is 7.67. The summed E-state index contributed by atoms with van der Waals surface area (Å²) >= 11 is 1.72. The summed E-state index contributed by atoms with van der Waals surface area (Å²) in [6.07, 6.45) is 3.06. The number of hydrogen-bond donors (Lipinski definition) is 1. The van der Waals surface area contributed by atoms with E-state index in [0.717, 1.165) is 48.8 Å². The monoisotopic (exact) mass is 304 g/mol. The number of benzene rings is 1. The molecule has 1 aromatic carbocycles. The number of aryl methyl sites for hydroxylation is 1. The summed E-state index contributed by atoms with van der Waals surface area (Å²) in [4.78, 5) is 4.62. The molecule has 2 aromatic rings. The molecule has 0 aliphatic carbocycles. The second-order valence-corrected chi connectivity index (χ2v) is 5.95. The highest BCUT2D eigenvalue weighted by atomic mass is 32.1. The topological polar surface area (TPSA) is 34.1 Å². The molecule has 21 heavy (non-hydrogen) atoms. The normalized spacial score (nSPS) is 10.8. The SMILES string of the molecule is CCCNCc1csc(CCOc2cccc(CC)c2)n1. The van der Waals surface area contributed by atoms with Crippen LogP contribution in [-0.2, 0) is 19.4 Å². The Morgan fingerprint density at radius 1 is 1.29 bits per heavy atom. The Morgan fingerprint density at radius 3 is 3.00 bits per heavy atom. The van der Waals surface area contributed by atoms with Gasteiger partial charge in [0.25, 0.3) is 0 Å². The van der Waals surface area contributed by atoms with Crippen molar-refractivity contribution in [3.05, 3.63) is 45.9 Å². The number of rotatable bonds is 9. The fourth-order valence-electron chi connectivity index (χ4n) is 2.05. The minimum absolute atomic E-state index is 0.683. The predicted molar refractivity (Wildman–Crippen MR) is 89.1 cm³/mol. The summed E-state index contributed by atoms with van der Waals surface area (Å²) in [5.74, 6) is 0.954. The Morgan fingerprint density at radius 2 is 2.19 bits per heavy atom. The Balaban J connectivity index is 1.75. The van der Waals surface area contributed by atoms with Crippen molar-refractivity contribution in [3.63, 3.8) is 0 Å². The molecule has 0 aliphatic heterocycles. The van der Waals surface area contributed by atoms with E-state index in [9.17, 15) is 0 Å². The molecule has 0 saturated carbocycles. The third-order valence-corrected chi connectivity index (χ3v) is 4.18. The molecular formula is C17H24N2OS. The average Bonchev–Trinajstić information content (AvgIpc) is 2.96. The summed E-state index contributed by atoms with van der Waals surface area (Å²) in [6.45, 7) is 6.92. The van der Waals surface area contributed by atoms with Gasteiger partial charge < -0.3 is 10.1 Å². The van der Waals surface area contributed by atoms with Crippen LogP contribution >= 0.6 is 11.3 Å². The highest BCUT2D eigenvalue weighted by Crippen LogP contribution is 2.15. The van der Waals surface area contributed by atoms with Crippen molar-refractivity contribution in [1.82, 2.24) is 10.3 Å². The van der Waals surface area contributed by atoms with Crippen LogP contribution < -0.4 is 10.1 Å². The first kappa shape index (κ1) is 16.0. The van der Waals surface area contributed by atoms with Gasteiger partial charge in [-0.25, -0.2) is 4.98 Å². The summed E-state index contributed by atoms with van der Waals surface area (Å²) in [5.41, 5.74) is 2.45. The van der Waals surface area contributed by atoms with Crippen LogP contribution in [0.15, 0.2) is 29.6 Å². The Hall–Kier alpha value is -1.39. The van der Waals surface area contributed by atoms with E-state index in [1.54, 1.807) is 11.3 Å². The molecule has 0 atom stereocenters. The molecule has 3 nitrogen and oxygen atoms in total. The molecule has 0 amide bonds. The van der Waals surface area contributed by atoms with E-state index in [0.29, 0.717) is 6.61 Å². The van der Waals surface area contributed by atoms with E-state index in [1.807, 2.05) is 6.07 Å². The van der Waals surface area contributed by atoms with Crippen LogP contribution in [0.25, 0.3) is 0 Å². The van der Waals surface area contributed by atoms with E-state index >= 15 is 0 Å². The van der Waals surface area contributed by atoms with Crippen molar-refractivity contribution in [1.29, 1.82) is 0 Å². The van der Waals surface area contributed by atoms with Crippen molar-refractivity contribution in [2.45, 2.75) is 39.7 Å². The molecule has 0 radical (unpaired) electrons. The Kier molecular flexibility index (Phi) is 6.70. The molecule has 0 aliphatic rings. The van der Waals surface area contributed by atoms with Crippen LogP contribution in [0.3, 0.4) is 0 Å². The number of nitrogens with zero attached hydrogens (tertiary/aromatic N) is 1. The molecule has 0 bridgehead atoms. The van der Waals surface area contributed by atoms with Gasteiger partial charge in [-0.3, -0.25) is 0 Å². The number of aromatic nitrogens is 1. The molecule has 1 aromatic heterocycles. The highest BCUT2D eigenvalue weighted by Gasteiger charge is 2.03. The maximum Gasteiger partial charge on any atom is 0.119 e. The molecule has 0 saturated heterocycles. The van der Waals surface area contributed by atoms with Crippen LogP contribution in [0.2, 0.25) is 0 Å². The summed E-state index contributed by atoms with van der Waals surface area (Å²) in [7, 11) is 0. The zero-order valence-corrected chi connectivity index (χ0v) is 13.7. The molecule has 0 unspecified atom stereocenters. The van der Waals surface area contributed by atoms with E-state index in [-0.39, 0.29) is 0 Å². The van der Waals surface area contributed by atoms with Crippen LogP contribution in [0.1, 0.15) is 36.5 Å². The van der Waals surface area contributed by atoms with Gasteiger partial charge in [-0.2, -0.15) is 0 Å². The van der Waals surface area contributed by atoms with Crippen LogP contribution in [0.5, 0.6) is 5.75 Å². The molecule has 114 valence electrons. The fourth-order valence-corrected chi connectivity index (χ4v) is 2.83. The minimum Gasteiger partial charge on any atom is -0.493 e. The zero-order valence-electron chi connectivity index (χ0n) is 12.9. The Labute approximate surface area is 131 Å². The maximum atomic E-state index is 5.81. The highest BCUT2D eigenvalue weighted by molar-refractivity contribution is 7.09. The number of hydrogen-bond acceptors (Lipinski definition) is 4.